The van der Waals surface area contributed by atoms with Gasteiger partial charge in [-0.3, -0.25) is 4.79 Å². The lowest BCUT2D eigenvalue weighted by atomic mass is 10.3. The van der Waals surface area contributed by atoms with Crippen molar-refractivity contribution in [1.29, 1.82) is 0 Å². The van der Waals surface area contributed by atoms with Crippen LogP contribution < -0.4 is 17.0 Å². The molecule has 5 N–H and O–H groups in total. The number of hydrogen-bond donors (Lipinski definition) is 3. The van der Waals surface area contributed by atoms with Gasteiger partial charge in [0.2, 0.25) is 0 Å². The summed E-state index contributed by atoms with van der Waals surface area (Å²) in [4.78, 5) is 22.0. The fourth-order valence-corrected chi connectivity index (χ4v) is 2.08. The van der Waals surface area contributed by atoms with E-state index in [9.17, 15) is 4.79 Å². The van der Waals surface area contributed by atoms with Crippen LogP contribution in [0.3, 0.4) is 0 Å². The highest BCUT2D eigenvalue weighted by Gasteiger charge is 2.06. The zero-order chi connectivity index (χ0) is 12.4. The molecule has 0 fully saturated rings. The largest absolute Gasteiger partial charge is 0.397 e. The molecule has 2 heterocycles. The number of rotatable bonds is 2. The van der Waals surface area contributed by atoms with Crippen LogP contribution in [0, 0.1) is 6.92 Å². The molecule has 0 saturated heterocycles. The van der Waals surface area contributed by atoms with Crippen molar-refractivity contribution in [2.24, 2.45) is 0 Å². The first-order valence-electron chi connectivity index (χ1n) is 4.82. The lowest BCUT2D eigenvalue weighted by Gasteiger charge is -2.04. The Morgan fingerprint density at radius 2 is 2.06 bits per heavy atom. The maximum atomic E-state index is 11.2. The molecule has 2 aromatic rings. The molecular weight excluding hydrogens is 238 g/mol. The van der Waals surface area contributed by atoms with Gasteiger partial charge >= 0.3 is 0 Å². The Bertz CT molecular complexity index is 610. The number of nitrogens with two attached hydrogens (primary N) is 2. The molecule has 6 nitrogen and oxygen atoms in total. The first-order valence-corrected chi connectivity index (χ1v) is 5.64. The summed E-state index contributed by atoms with van der Waals surface area (Å²) >= 11 is 1.17. The van der Waals surface area contributed by atoms with Crippen molar-refractivity contribution >= 4 is 23.3 Å². The van der Waals surface area contributed by atoms with Gasteiger partial charge in [-0.2, -0.15) is 0 Å². The summed E-state index contributed by atoms with van der Waals surface area (Å²) in [5.74, 6) is 0.169. The molecule has 0 aliphatic rings. The summed E-state index contributed by atoms with van der Waals surface area (Å²) in [5, 5.41) is 0.971. The number of aromatic amines is 1. The second-order valence-electron chi connectivity index (χ2n) is 3.42. The van der Waals surface area contributed by atoms with Crippen LogP contribution in [0.5, 0.6) is 0 Å². The number of nitrogens with one attached hydrogen (secondary N) is 1. The van der Waals surface area contributed by atoms with Crippen LogP contribution in [-0.2, 0) is 0 Å². The number of H-pyrrole nitrogens is 1. The van der Waals surface area contributed by atoms with Crippen molar-refractivity contribution in [3.05, 3.63) is 34.2 Å². The van der Waals surface area contributed by atoms with E-state index in [1.807, 2.05) is 13.0 Å². The molecule has 2 aromatic heterocycles. The van der Waals surface area contributed by atoms with Gasteiger partial charge in [-0.15, -0.1) is 0 Å². The van der Waals surface area contributed by atoms with Gasteiger partial charge in [-0.25, -0.2) is 9.97 Å². The van der Waals surface area contributed by atoms with E-state index in [4.69, 9.17) is 11.5 Å². The van der Waals surface area contributed by atoms with E-state index in [1.54, 1.807) is 6.07 Å². The molecule has 0 aliphatic carbocycles. The van der Waals surface area contributed by atoms with E-state index >= 15 is 0 Å². The van der Waals surface area contributed by atoms with E-state index in [-0.39, 0.29) is 11.4 Å². The van der Waals surface area contributed by atoms with Crippen molar-refractivity contribution in [2.45, 2.75) is 17.1 Å². The lowest BCUT2D eigenvalue weighted by Crippen LogP contribution is -2.09. The first kappa shape index (κ1) is 11.5. The predicted molar refractivity (Wildman–Crippen MR) is 66.8 cm³/mol. The van der Waals surface area contributed by atoms with Crippen LogP contribution in [0.15, 0.2) is 33.2 Å². The average molecular weight is 249 g/mol. The second-order valence-corrected chi connectivity index (χ2v) is 4.40. The van der Waals surface area contributed by atoms with Crippen molar-refractivity contribution in [3.63, 3.8) is 0 Å². The molecule has 0 bridgehead atoms. The molecule has 0 spiro atoms. The van der Waals surface area contributed by atoms with E-state index in [1.165, 1.54) is 17.8 Å². The van der Waals surface area contributed by atoms with Crippen molar-refractivity contribution in [3.8, 4) is 0 Å². The van der Waals surface area contributed by atoms with Crippen LogP contribution in [0.1, 0.15) is 5.69 Å². The van der Waals surface area contributed by atoms with Gasteiger partial charge in [0, 0.05) is 11.8 Å². The minimum atomic E-state index is -0.300. The van der Waals surface area contributed by atoms with E-state index in [0.717, 1.165) is 5.69 Å². The molecule has 0 aliphatic heterocycles. The molecule has 0 unspecified atom stereocenters. The third-order valence-electron chi connectivity index (χ3n) is 1.96. The summed E-state index contributed by atoms with van der Waals surface area (Å²) in [6.45, 7) is 1.86. The van der Waals surface area contributed by atoms with Crippen molar-refractivity contribution in [2.75, 3.05) is 11.5 Å². The Labute approximate surface area is 101 Å². The fraction of sp³-hybridized carbons (Fsp3) is 0.100. The summed E-state index contributed by atoms with van der Waals surface area (Å²) in [7, 11) is 0. The summed E-state index contributed by atoms with van der Waals surface area (Å²) in [6.07, 6.45) is 0. The van der Waals surface area contributed by atoms with Gasteiger partial charge in [-0.1, -0.05) is 0 Å². The predicted octanol–water partition coefficient (Wildman–Crippen LogP) is 0.789. The maximum absolute atomic E-state index is 11.2. The van der Waals surface area contributed by atoms with Crippen LogP contribution in [0.4, 0.5) is 11.5 Å². The zero-order valence-electron chi connectivity index (χ0n) is 9.10. The molecule has 0 aromatic carbocycles. The Morgan fingerprint density at radius 3 is 2.76 bits per heavy atom. The monoisotopic (exact) mass is 249 g/mol. The number of nitrogen functional groups attached to an aromatic ring is 2. The Morgan fingerprint density at radius 1 is 1.29 bits per heavy atom. The van der Waals surface area contributed by atoms with Gasteiger partial charge in [0.15, 0.2) is 5.16 Å². The topological polar surface area (TPSA) is 111 Å². The molecular formula is C10H11N5OS. The summed E-state index contributed by atoms with van der Waals surface area (Å²) in [5.41, 5.74) is 12.3. The van der Waals surface area contributed by atoms with Crippen LogP contribution in [0.2, 0.25) is 0 Å². The van der Waals surface area contributed by atoms with E-state index in [0.29, 0.717) is 15.9 Å². The van der Waals surface area contributed by atoms with Gasteiger partial charge < -0.3 is 16.5 Å². The normalized spacial score (nSPS) is 10.4. The fourth-order valence-electron chi connectivity index (χ4n) is 1.22. The highest BCUT2D eigenvalue weighted by molar-refractivity contribution is 7.99. The average Bonchev–Trinajstić information content (AvgIpc) is 2.22. The number of hydrogen-bond acceptors (Lipinski definition) is 6. The smallest absolute Gasteiger partial charge is 0.253 e. The highest BCUT2D eigenvalue weighted by Crippen LogP contribution is 2.27. The van der Waals surface area contributed by atoms with Crippen molar-refractivity contribution < 1.29 is 0 Å². The highest BCUT2D eigenvalue weighted by atomic mass is 32.2. The molecule has 7 heteroatoms. The molecule has 2 rings (SSSR count). The molecule has 0 saturated carbocycles. The van der Waals surface area contributed by atoms with Crippen LogP contribution in [-0.4, -0.2) is 15.0 Å². The lowest BCUT2D eigenvalue weighted by molar-refractivity contribution is 0.938. The number of aryl methyl sites for hydroxylation is 1. The molecule has 0 atom stereocenters. The quantitative estimate of drug-likeness (QED) is 0.678. The van der Waals surface area contributed by atoms with Crippen LogP contribution in [0.25, 0.3) is 0 Å². The molecule has 0 amide bonds. The number of pyridine rings is 1. The zero-order valence-corrected chi connectivity index (χ0v) is 9.91. The molecule has 0 radical (unpaired) electrons. The third-order valence-corrected chi connectivity index (χ3v) is 2.87. The van der Waals surface area contributed by atoms with Crippen molar-refractivity contribution in [1.82, 2.24) is 15.0 Å². The van der Waals surface area contributed by atoms with Crippen LogP contribution >= 0.6 is 11.8 Å². The maximum Gasteiger partial charge on any atom is 0.253 e. The van der Waals surface area contributed by atoms with E-state index in [2.05, 4.69) is 15.0 Å². The first-order chi connectivity index (χ1) is 8.04. The SMILES string of the molecule is Cc1ccc(N)c(Sc2nc(N)cc(=O)[nH]2)n1. The Kier molecular flexibility index (Phi) is 3.01. The Hall–Kier alpha value is -2.02. The minimum absolute atomic E-state index is 0.169. The molecule has 17 heavy (non-hydrogen) atoms. The standard InChI is InChI=1S/C10H11N5OS/c1-5-2-3-6(11)9(13-5)17-10-14-7(12)4-8(16)15-10/h2-4H,11H2,1H3,(H3,12,14,15,16). The Balaban J connectivity index is 2.37. The third kappa shape index (κ3) is 2.76. The van der Waals surface area contributed by atoms with Gasteiger partial charge in [0.25, 0.3) is 5.56 Å². The number of nitrogens with zero attached hydrogens (tertiary/aromatic N) is 2. The van der Waals surface area contributed by atoms with E-state index < -0.39 is 0 Å². The van der Waals surface area contributed by atoms with Gasteiger partial charge in [0.05, 0.1) is 5.69 Å². The number of anilines is 2. The van der Waals surface area contributed by atoms with Gasteiger partial charge in [0.1, 0.15) is 10.8 Å². The second kappa shape index (κ2) is 4.46. The molecule has 88 valence electrons. The summed E-state index contributed by atoms with van der Waals surface area (Å²) in [6, 6.07) is 4.79. The van der Waals surface area contributed by atoms with Gasteiger partial charge in [-0.05, 0) is 30.8 Å². The number of aromatic nitrogens is 3. The minimum Gasteiger partial charge on any atom is -0.397 e. The summed E-state index contributed by atoms with van der Waals surface area (Å²) < 4.78 is 0.